The van der Waals surface area contributed by atoms with Gasteiger partial charge in [0.25, 0.3) is 0 Å². The highest BCUT2D eigenvalue weighted by Gasteiger charge is 2.34. The fourth-order valence-electron chi connectivity index (χ4n) is 2.17. The Morgan fingerprint density at radius 3 is 2.33 bits per heavy atom. The van der Waals surface area contributed by atoms with Crippen molar-refractivity contribution < 1.29 is 18.0 Å². The SMILES string of the molecule is CCN(CC)C(=O)CNC(C)c1ccccc1C(F)(F)F. The molecule has 1 rings (SSSR count). The molecule has 0 heterocycles. The molecule has 0 saturated heterocycles. The number of amides is 1. The highest BCUT2D eigenvalue weighted by atomic mass is 19.4. The first-order valence-electron chi connectivity index (χ1n) is 6.98. The Hall–Kier alpha value is -1.56. The van der Waals surface area contributed by atoms with Crippen molar-refractivity contribution in [2.45, 2.75) is 33.0 Å². The van der Waals surface area contributed by atoms with E-state index in [2.05, 4.69) is 5.32 Å². The van der Waals surface area contributed by atoms with Crippen LogP contribution in [0.5, 0.6) is 0 Å². The second kappa shape index (κ2) is 7.45. The number of carbonyl (C=O) groups is 1. The number of alkyl halides is 3. The maximum Gasteiger partial charge on any atom is 0.416 e. The fourth-order valence-corrected chi connectivity index (χ4v) is 2.17. The zero-order chi connectivity index (χ0) is 16.0. The lowest BCUT2D eigenvalue weighted by Crippen LogP contribution is -2.38. The summed E-state index contributed by atoms with van der Waals surface area (Å²) >= 11 is 0. The molecule has 0 fully saturated rings. The number of carbonyl (C=O) groups excluding carboxylic acids is 1. The summed E-state index contributed by atoms with van der Waals surface area (Å²) in [5.74, 6) is -0.115. The normalized spacial score (nSPS) is 13.0. The molecule has 1 aromatic rings. The molecule has 3 nitrogen and oxygen atoms in total. The Balaban J connectivity index is 2.77. The van der Waals surface area contributed by atoms with Crippen LogP contribution in [0.25, 0.3) is 0 Å². The third-order valence-electron chi connectivity index (χ3n) is 3.41. The van der Waals surface area contributed by atoms with Crippen molar-refractivity contribution >= 4 is 5.91 Å². The lowest BCUT2D eigenvalue weighted by atomic mass is 10.0. The van der Waals surface area contributed by atoms with E-state index in [1.54, 1.807) is 17.9 Å². The van der Waals surface area contributed by atoms with Crippen LogP contribution in [-0.4, -0.2) is 30.4 Å². The van der Waals surface area contributed by atoms with Crippen molar-refractivity contribution in [1.29, 1.82) is 0 Å². The van der Waals surface area contributed by atoms with E-state index in [0.717, 1.165) is 6.07 Å². The molecular formula is C15H21F3N2O. The molecule has 6 heteroatoms. The number of nitrogens with one attached hydrogen (secondary N) is 1. The molecule has 1 atom stereocenters. The van der Waals surface area contributed by atoms with Gasteiger partial charge in [0.05, 0.1) is 12.1 Å². The van der Waals surface area contributed by atoms with Crippen LogP contribution in [0.1, 0.15) is 37.9 Å². The van der Waals surface area contributed by atoms with Gasteiger partial charge in [0.15, 0.2) is 0 Å². The summed E-state index contributed by atoms with van der Waals surface area (Å²) in [6, 6.07) is 4.86. The number of nitrogens with zero attached hydrogens (tertiary/aromatic N) is 1. The van der Waals surface area contributed by atoms with Crippen LogP contribution in [0.4, 0.5) is 13.2 Å². The van der Waals surface area contributed by atoms with E-state index in [0.29, 0.717) is 13.1 Å². The van der Waals surface area contributed by atoms with Crippen molar-refractivity contribution in [3.05, 3.63) is 35.4 Å². The van der Waals surface area contributed by atoms with Gasteiger partial charge >= 0.3 is 6.18 Å². The third-order valence-corrected chi connectivity index (χ3v) is 3.41. The van der Waals surface area contributed by atoms with Crippen molar-refractivity contribution in [3.63, 3.8) is 0 Å². The summed E-state index contributed by atoms with van der Waals surface area (Å²) in [7, 11) is 0. The van der Waals surface area contributed by atoms with Crippen LogP contribution in [0.15, 0.2) is 24.3 Å². The Labute approximate surface area is 123 Å². The summed E-state index contributed by atoms with van der Waals surface area (Å²) in [5.41, 5.74) is -0.516. The molecule has 1 aromatic carbocycles. The van der Waals surface area contributed by atoms with Crippen LogP contribution >= 0.6 is 0 Å². The van der Waals surface area contributed by atoms with Crippen LogP contribution in [-0.2, 0) is 11.0 Å². The van der Waals surface area contributed by atoms with Gasteiger partial charge in [0.2, 0.25) is 5.91 Å². The third kappa shape index (κ3) is 4.74. The minimum absolute atomic E-state index is 0.0229. The molecule has 0 saturated carbocycles. The topological polar surface area (TPSA) is 32.3 Å². The molecule has 0 bridgehead atoms. The molecule has 0 radical (unpaired) electrons. The zero-order valence-electron chi connectivity index (χ0n) is 12.5. The Bertz CT molecular complexity index is 470. The highest BCUT2D eigenvalue weighted by Crippen LogP contribution is 2.34. The van der Waals surface area contributed by atoms with Gasteiger partial charge in [-0.25, -0.2) is 0 Å². The number of hydrogen-bond donors (Lipinski definition) is 1. The first-order valence-corrected chi connectivity index (χ1v) is 6.98. The van der Waals surface area contributed by atoms with Gasteiger partial charge in [0.1, 0.15) is 0 Å². The van der Waals surface area contributed by atoms with Gasteiger partial charge in [-0.1, -0.05) is 18.2 Å². The van der Waals surface area contributed by atoms with Gasteiger partial charge in [-0.15, -0.1) is 0 Å². The van der Waals surface area contributed by atoms with Gasteiger partial charge in [-0.2, -0.15) is 13.2 Å². The van der Waals surface area contributed by atoms with Crippen molar-refractivity contribution in [2.75, 3.05) is 19.6 Å². The summed E-state index contributed by atoms with van der Waals surface area (Å²) in [6.07, 6.45) is -4.39. The van der Waals surface area contributed by atoms with Gasteiger partial charge in [-0.05, 0) is 32.4 Å². The highest BCUT2D eigenvalue weighted by molar-refractivity contribution is 5.78. The van der Waals surface area contributed by atoms with E-state index in [-0.39, 0.29) is 18.0 Å². The molecule has 1 unspecified atom stereocenters. The van der Waals surface area contributed by atoms with Crippen LogP contribution in [0.2, 0.25) is 0 Å². The largest absolute Gasteiger partial charge is 0.416 e. The summed E-state index contributed by atoms with van der Waals surface area (Å²) in [6.45, 7) is 6.55. The number of rotatable bonds is 6. The first kappa shape index (κ1) is 17.5. The maximum atomic E-state index is 12.9. The van der Waals surface area contributed by atoms with Gasteiger partial charge in [-0.3, -0.25) is 4.79 Å². The molecule has 0 aromatic heterocycles. The molecule has 1 amide bonds. The van der Waals surface area contributed by atoms with E-state index < -0.39 is 17.8 Å². The smallest absolute Gasteiger partial charge is 0.342 e. The van der Waals surface area contributed by atoms with E-state index in [4.69, 9.17) is 0 Å². The van der Waals surface area contributed by atoms with Gasteiger partial charge in [0, 0.05) is 19.1 Å². The van der Waals surface area contributed by atoms with Crippen molar-refractivity contribution in [2.24, 2.45) is 0 Å². The average molecular weight is 302 g/mol. The Kier molecular flexibility index (Phi) is 6.20. The fraction of sp³-hybridized carbons (Fsp3) is 0.533. The summed E-state index contributed by atoms with van der Waals surface area (Å²) < 4.78 is 38.8. The van der Waals surface area contributed by atoms with E-state index in [9.17, 15) is 18.0 Å². The standard InChI is InChI=1S/C15H21F3N2O/c1-4-20(5-2)14(21)10-19-11(3)12-8-6-7-9-13(12)15(16,17)18/h6-9,11,19H,4-5,10H2,1-3H3. The van der Waals surface area contributed by atoms with Crippen molar-refractivity contribution in [3.8, 4) is 0 Å². The first-order chi connectivity index (χ1) is 9.81. The molecule has 0 aliphatic heterocycles. The average Bonchev–Trinajstić information content (AvgIpc) is 2.45. The van der Waals surface area contributed by atoms with Crippen LogP contribution in [0.3, 0.4) is 0 Å². The van der Waals surface area contributed by atoms with Crippen LogP contribution in [0, 0.1) is 0 Å². The molecule has 21 heavy (non-hydrogen) atoms. The number of benzene rings is 1. The maximum absolute atomic E-state index is 12.9. The number of hydrogen-bond acceptors (Lipinski definition) is 2. The second-order valence-corrected chi connectivity index (χ2v) is 4.75. The molecule has 0 aliphatic rings. The molecule has 118 valence electrons. The van der Waals surface area contributed by atoms with E-state index in [1.807, 2.05) is 13.8 Å². The molecule has 0 spiro atoms. The number of halogens is 3. The molecular weight excluding hydrogens is 281 g/mol. The lowest BCUT2D eigenvalue weighted by Gasteiger charge is -2.22. The summed E-state index contributed by atoms with van der Waals surface area (Å²) in [5, 5.41) is 2.87. The summed E-state index contributed by atoms with van der Waals surface area (Å²) in [4.78, 5) is 13.5. The monoisotopic (exact) mass is 302 g/mol. The second-order valence-electron chi connectivity index (χ2n) is 4.75. The predicted molar refractivity (Wildman–Crippen MR) is 75.8 cm³/mol. The van der Waals surface area contributed by atoms with E-state index >= 15 is 0 Å². The van der Waals surface area contributed by atoms with Crippen LogP contribution < -0.4 is 5.32 Å². The minimum atomic E-state index is -4.39. The quantitative estimate of drug-likeness (QED) is 0.875. The zero-order valence-corrected chi connectivity index (χ0v) is 12.5. The Morgan fingerprint density at radius 1 is 1.24 bits per heavy atom. The predicted octanol–water partition coefficient (Wildman–Crippen LogP) is 3.22. The van der Waals surface area contributed by atoms with Crippen molar-refractivity contribution in [1.82, 2.24) is 10.2 Å². The number of likely N-dealkylation sites (N-methyl/N-ethyl adjacent to an activating group) is 1. The minimum Gasteiger partial charge on any atom is -0.342 e. The van der Waals surface area contributed by atoms with E-state index in [1.165, 1.54) is 12.1 Å². The molecule has 1 N–H and O–H groups in total. The van der Waals surface area contributed by atoms with Gasteiger partial charge < -0.3 is 10.2 Å². The lowest BCUT2D eigenvalue weighted by molar-refractivity contribution is -0.138. The Morgan fingerprint density at radius 2 is 1.81 bits per heavy atom. The molecule has 0 aliphatic carbocycles.